The number of nitrogens with zero attached hydrogens (tertiary/aromatic N) is 2. The molecule has 9 nitrogen and oxygen atoms in total. The lowest BCUT2D eigenvalue weighted by atomic mass is 9.78. The highest BCUT2D eigenvalue weighted by molar-refractivity contribution is 6.09. The second kappa shape index (κ2) is 9.15. The van der Waals surface area contributed by atoms with E-state index in [1.807, 2.05) is 30.3 Å². The van der Waals surface area contributed by atoms with Crippen molar-refractivity contribution in [2.24, 2.45) is 11.8 Å². The summed E-state index contributed by atoms with van der Waals surface area (Å²) >= 11 is 0. The number of carbonyl (C=O) groups excluding carboxylic acids is 4. The maximum absolute atomic E-state index is 13.4. The number of methoxy groups -OCH3 is 2. The number of likely N-dealkylation sites (tertiary alicyclic amines) is 1. The fourth-order valence-corrected chi connectivity index (χ4v) is 4.73. The number of likely N-dealkylation sites (N-methyl/N-ethyl adjacent to an activating group) is 1. The molecular weight excluding hydrogens is 402 g/mol. The van der Waals surface area contributed by atoms with E-state index in [1.165, 1.54) is 24.0 Å². The Hall–Kier alpha value is -2.78. The molecule has 168 valence electrons. The molecule has 0 aromatic heterocycles. The summed E-state index contributed by atoms with van der Waals surface area (Å²) in [7, 11) is 4.29. The minimum atomic E-state index is -1.33. The SMILES string of the molecule is CC[C@@]1(C(=O)OC)N[C@H](CN(C)C(=O)COC)[C@@H]2C(=O)N(Cc3ccccc3)C(=O)[C@@H]21. The van der Waals surface area contributed by atoms with Crippen LogP contribution in [0.4, 0.5) is 0 Å². The molecule has 2 heterocycles. The molecule has 3 rings (SSSR count). The van der Waals surface area contributed by atoms with Crippen molar-refractivity contribution in [3.63, 3.8) is 0 Å². The smallest absolute Gasteiger partial charge is 0.326 e. The molecule has 0 aliphatic carbocycles. The van der Waals surface area contributed by atoms with Gasteiger partial charge < -0.3 is 14.4 Å². The van der Waals surface area contributed by atoms with Crippen LogP contribution in [0.5, 0.6) is 0 Å². The summed E-state index contributed by atoms with van der Waals surface area (Å²) in [6.45, 7) is 1.97. The summed E-state index contributed by atoms with van der Waals surface area (Å²) in [5, 5.41) is 3.20. The first-order valence-corrected chi connectivity index (χ1v) is 10.3. The molecule has 1 aromatic carbocycles. The van der Waals surface area contributed by atoms with Crippen molar-refractivity contribution in [1.29, 1.82) is 0 Å². The average Bonchev–Trinajstić information content (AvgIpc) is 3.23. The van der Waals surface area contributed by atoms with Gasteiger partial charge in [0.1, 0.15) is 12.1 Å². The van der Waals surface area contributed by atoms with Gasteiger partial charge in [-0.05, 0) is 12.0 Å². The average molecular weight is 431 g/mol. The molecule has 0 spiro atoms. The lowest BCUT2D eigenvalue weighted by molar-refractivity contribution is -0.154. The minimum Gasteiger partial charge on any atom is -0.468 e. The summed E-state index contributed by atoms with van der Waals surface area (Å²) in [5.41, 5.74) is -0.505. The Balaban J connectivity index is 1.95. The highest BCUT2D eigenvalue weighted by Crippen LogP contribution is 2.45. The van der Waals surface area contributed by atoms with Crippen LogP contribution in [-0.2, 0) is 35.2 Å². The molecule has 0 radical (unpaired) electrons. The summed E-state index contributed by atoms with van der Waals surface area (Å²) in [6, 6.07) is 8.65. The Morgan fingerprint density at radius 2 is 1.84 bits per heavy atom. The van der Waals surface area contributed by atoms with E-state index < -0.39 is 35.3 Å². The number of benzene rings is 1. The van der Waals surface area contributed by atoms with Crippen LogP contribution < -0.4 is 5.32 Å². The van der Waals surface area contributed by atoms with Crippen molar-refractivity contribution < 1.29 is 28.7 Å². The molecule has 2 fully saturated rings. The summed E-state index contributed by atoms with van der Waals surface area (Å²) < 4.78 is 9.93. The number of amides is 3. The van der Waals surface area contributed by atoms with Gasteiger partial charge >= 0.3 is 5.97 Å². The fourth-order valence-electron chi connectivity index (χ4n) is 4.73. The minimum absolute atomic E-state index is 0.0970. The first-order chi connectivity index (χ1) is 14.8. The van der Waals surface area contributed by atoms with Gasteiger partial charge in [0.05, 0.1) is 25.5 Å². The summed E-state index contributed by atoms with van der Waals surface area (Å²) in [5.74, 6) is -3.24. The van der Waals surface area contributed by atoms with E-state index in [0.29, 0.717) is 0 Å². The van der Waals surface area contributed by atoms with Crippen molar-refractivity contribution in [2.45, 2.75) is 31.5 Å². The topological polar surface area (TPSA) is 105 Å². The van der Waals surface area contributed by atoms with E-state index in [-0.39, 0.29) is 37.9 Å². The third kappa shape index (κ3) is 3.95. The van der Waals surface area contributed by atoms with E-state index in [0.717, 1.165) is 5.56 Å². The third-order valence-electron chi connectivity index (χ3n) is 6.30. The quantitative estimate of drug-likeness (QED) is 0.463. The summed E-state index contributed by atoms with van der Waals surface area (Å²) in [4.78, 5) is 54.5. The number of hydrogen-bond donors (Lipinski definition) is 1. The lowest BCUT2D eigenvalue weighted by Crippen LogP contribution is -2.58. The van der Waals surface area contributed by atoms with Crippen LogP contribution in [0.3, 0.4) is 0 Å². The Morgan fingerprint density at radius 3 is 2.42 bits per heavy atom. The predicted octanol–water partition coefficient (Wildman–Crippen LogP) is 0.186. The molecule has 2 saturated heterocycles. The molecule has 4 atom stereocenters. The molecule has 0 unspecified atom stereocenters. The maximum atomic E-state index is 13.4. The van der Waals surface area contributed by atoms with E-state index in [1.54, 1.807) is 14.0 Å². The molecule has 9 heteroatoms. The maximum Gasteiger partial charge on any atom is 0.326 e. The fraction of sp³-hybridized carbons (Fsp3) is 0.545. The molecule has 31 heavy (non-hydrogen) atoms. The van der Waals surface area contributed by atoms with Gasteiger partial charge in [0.2, 0.25) is 17.7 Å². The molecule has 0 saturated carbocycles. The van der Waals surface area contributed by atoms with Gasteiger partial charge in [-0.15, -0.1) is 0 Å². The standard InChI is InChI=1S/C22H29N3O6/c1-5-22(21(29)31-4)18-17(15(23-22)12-24(2)16(26)13-30-3)19(27)25(20(18)28)11-14-9-7-6-8-10-14/h6-10,15,17-18,23H,5,11-13H2,1-4H3/t15-,17+,18-,22-/m1/s1. The van der Waals surface area contributed by atoms with Gasteiger partial charge in [-0.1, -0.05) is 37.3 Å². The number of ether oxygens (including phenoxy) is 2. The number of carbonyl (C=O) groups is 4. The molecule has 2 aliphatic rings. The van der Waals surface area contributed by atoms with Crippen molar-refractivity contribution in [1.82, 2.24) is 15.1 Å². The van der Waals surface area contributed by atoms with Gasteiger partial charge in [-0.2, -0.15) is 0 Å². The van der Waals surface area contributed by atoms with Crippen molar-refractivity contribution in [2.75, 3.05) is 34.4 Å². The molecule has 1 N–H and O–H groups in total. The third-order valence-corrected chi connectivity index (χ3v) is 6.30. The predicted molar refractivity (Wildman–Crippen MR) is 110 cm³/mol. The highest BCUT2D eigenvalue weighted by Gasteiger charge is 2.67. The van der Waals surface area contributed by atoms with Gasteiger partial charge in [0.25, 0.3) is 0 Å². The Morgan fingerprint density at radius 1 is 1.16 bits per heavy atom. The zero-order chi connectivity index (χ0) is 22.8. The number of rotatable bonds is 8. The lowest BCUT2D eigenvalue weighted by Gasteiger charge is -2.32. The molecule has 0 bridgehead atoms. The van der Waals surface area contributed by atoms with Gasteiger partial charge in [0.15, 0.2) is 0 Å². The van der Waals surface area contributed by atoms with E-state index in [9.17, 15) is 19.2 Å². The van der Waals surface area contributed by atoms with Crippen molar-refractivity contribution >= 4 is 23.7 Å². The van der Waals surface area contributed by atoms with Crippen LogP contribution in [0.25, 0.3) is 0 Å². The summed E-state index contributed by atoms with van der Waals surface area (Å²) in [6.07, 6.45) is 0.269. The van der Waals surface area contributed by atoms with Crippen molar-refractivity contribution in [3.8, 4) is 0 Å². The van der Waals surface area contributed by atoms with Gasteiger partial charge in [-0.25, -0.2) is 0 Å². The Labute approximate surface area is 181 Å². The van der Waals surface area contributed by atoms with E-state index >= 15 is 0 Å². The number of fused-ring (bicyclic) bond motifs is 1. The molecule has 2 aliphatic heterocycles. The largest absolute Gasteiger partial charge is 0.468 e. The Kier molecular flexibility index (Phi) is 6.76. The Bertz CT molecular complexity index is 860. The van der Waals surface area contributed by atoms with Crippen LogP contribution in [0, 0.1) is 11.8 Å². The van der Waals surface area contributed by atoms with Gasteiger partial charge in [-0.3, -0.25) is 29.4 Å². The van der Waals surface area contributed by atoms with Crippen LogP contribution in [0.1, 0.15) is 18.9 Å². The van der Waals surface area contributed by atoms with E-state index in [4.69, 9.17) is 9.47 Å². The number of hydrogen-bond acceptors (Lipinski definition) is 7. The number of esters is 1. The van der Waals surface area contributed by atoms with Crippen LogP contribution in [-0.4, -0.2) is 79.5 Å². The second-order valence-electron chi connectivity index (χ2n) is 8.03. The van der Waals surface area contributed by atoms with Crippen LogP contribution >= 0.6 is 0 Å². The zero-order valence-corrected chi connectivity index (χ0v) is 18.3. The normalized spacial score (nSPS) is 27.4. The number of nitrogens with one attached hydrogen (secondary N) is 1. The first kappa shape index (κ1) is 22.9. The molecule has 1 aromatic rings. The highest BCUT2D eigenvalue weighted by atomic mass is 16.5. The van der Waals surface area contributed by atoms with Gasteiger partial charge in [0, 0.05) is 26.7 Å². The monoisotopic (exact) mass is 431 g/mol. The van der Waals surface area contributed by atoms with Crippen LogP contribution in [0.2, 0.25) is 0 Å². The zero-order valence-electron chi connectivity index (χ0n) is 18.3. The molecule has 3 amide bonds. The van der Waals surface area contributed by atoms with Crippen LogP contribution in [0.15, 0.2) is 30.3 Å². The van der Waals surface area contributed by atoms with Crippen molar-refractivity contribution in [3.05, 3.63) is 35.9 Å². The molecular formula is C22H29N3O6. The first-order valence-electron chi connectivity index (χ1n) is 10.3. The number of imide groups is 1. The van der Waals surface area contributed by atoms with E-state index in [2.05, 4.69) is 5.32 Å². The second-order valence-corrected chi connectivity index (χ2v) is 8.03.